The summed E-state index contributed by atoms with van der Waals surface area (Å²) in [6.45, 7) is 5.83. The molecule has 5 nitrogen and oxygen atoms in total. The molecule has 0 aromatic heterocycles. The quantitative estimate of drug-likeness (QED) is 0.602. The lowest BCUT2D eigenvalue weighted by molar-refractivity contribution is -0.116. The van der Waals surface area contributed by atoms with Crippen LogP contribution < -0.4 is 5.32 Å². The van der Waals surface area contributed by atoms with Crippen molar-refractivity contribution >= 4 is 23.3 Å². The Labute approximate surface area is 182 Å². The monoisotopic (exact) mass is 414 g/mol. The van der Waals surface area contributed by atoms with Gasteiger partial charge >= 0.3 is 0 Å². The molecule has 0 aliphatic rings. The van der Waals surface area contributed by atoms with Gasteiger partial charge in [-0.05, 0) is 44.0 Å². The summed E-state index contributed by atoms with van der Waals surface area (Å²) in [5, 5.41) is 2.91. The molecule has 0 saturated heterocycles. The smallest absolute Gasteiger partial charge is 0.254 e. The summed E-state index contributed by atoms with van der Waals surface area (Å²) in [7, 11) is 1.58. The number of ketones is 1. The van der Waals surface area contributed by atoms with Gasteiger partial charge in [0.05, 0.1) is 6.54 Å². The first-order valence-electron chi connectivity index (χ1n) is 10.1. The molecule has 0 unspecified atom stereocenters. The lowest BCUT2D eigenvalue weighted by Crippen LogP contribution is -2.35. The third kappa shape index (κ3) is 5.25. The highest BCUT2D eigenvalue weighted by molar-refractivity contribution is 6.09. The minimum absolute atomic E-state index is 0.0731. The topological polar surface area (TPSA) is 66.5 Å². The average molecular weight is 415 g/mol. The summed E-state index contributed by atoms with van der Waals surface area (Å²) in [5.41, 5.74) is 5.40. The van der Waals surface area contributed by atoms with Crippen molar-refractivity contribution in [3.8, 4) is 0 Å². The summed E-state index contributed by atoms with van der Waals surface area (Å²) in [6.07, 6.45) is 0. The Bertz CT molecular complexity index is 1100. The fraction of sp³-hybridized carbons (Fsp3) is 0.192. The van der Waals surface area contributed by atoms with E-state index in [1.54, 1.807) is 43.4 Å². The van der Waals surface area contributed by atoms with E-state index in [2.05, 4.69) is 5.32 Å². The Morgan fingerprint density at radius 1 is 0.774 bits per heavy atom. The molecule has 0 aliphatic carbocycles. The molecule has 31 heavy (non-hydrogen) atoms. The van der Waals surface area contributed by atoms with Crippen molar-refractivity contribution in [1.29, 1.82) is 0 Å². The SMILES string of the molecule is Cc1cc(C)c(NC(=O)CN(C)C(=O)c2ccc(C(=O)c3ccccc3)cc2)c(C)c1. The van der Waals surface area contributed by atoms with Crippen molar-refractivity contribution in [2.45, 2.75) is 20.8 Å². The molecule has 2 amide bonds. The molecule has 0 radical (unpaired) electrons. The van der Waals surface area contributed by atoms with Gasteiger partial charge in [-0.2, -0.15) is 0 Å². The van der Waals surface area contributed by atoms with Gasteiger partial charge in [-0.15, -0.1) is 0 Å². The molecule has 3 aromatic rings. The first kappa shape index (κ1) is 22.0. The molecule has 3 aromatic carbocycles. The number of anilines is 1. The molecule has 0 spiro atoms. The minimum atomic E-state index is -0.286. The van der Waals surface area contributed by atoms with E-state index in [1.807, 2.05) is 51.1 Å². The number of nitrogens with zero attached hydrogens (tertiary/aromatic N) is 1. The maximum atomic E-state index is 12.7. The highest BCUT2D eigenvalue weighted by Gasteiger charge is 2.17. The van der Waals surface area contributed by atoms with Crippen LogP contribution in [0.3, 0.4) is 0 Å². The maximum Gasteiger partial charge on any atom is 0.254 e. The Morgan fingerprint density at radius 3 is 1.87 bits per heavy atom. The first-order valence-corrected chi connectivity index (χ1v) is 10.1. The van der Waals surface area contributed by atoms with E-state index in [1.165, 1.54) is 4.90 Å². The van der Waals surface area contributed by atoms with Crippen LogP contribution in [0.15, 0.2) is 66.7 Å². The van der Waals surface area contributed by atoms with Gasteiger partial charge in [0.25, 0.3) is 5.91 Å². The van der Waals surface area contributed by atoms with Gasteiger partial charge < -0.3 is 10.2 Å². The van der Waals surface area contributed by atoms with Crippen LogP contribution >= 0.6 is 0 Å². The van der Waals surface area contributed by atoms with Crippen molar-refractivity contribution in [2.75, 3.05) is 18.9 Å². The van der Waals surface area contributed by atoms with E-state index < -0.39 is 0 Å². The lowest BCUT2D eigenvalue weighted by atomic mass is 10.0. The standard InChI is InChI=1S/C26H26N2O3/c1-17-14-18(2)24(19(3)15-17)27-23(29)16-28(4)26(31)22-12-10-21(11-13-22)25(30)20-8-6-5-7-9-20/h5-15H,16H2,1-4H3,(H,27,29). The maximum absolute atomic E-state index is 12.7. The van der Waals surface area contributed by atoms with E-state index in [0.717, 1.165) is 22.4 Å². The van der Waals surface area contributed by atoms with Crippen LogP contribution in [0.1, 0.15) is 43.0 Å². The summed E-state index contributed by atoms with van der Waals surface area (Å²) >= 11 is 0. The zero-order valence-corrected chi connectivity index (χ0v) is 18.2. The fourth-order valence-corrected chi connectivity index (χ4v) is 3.58. The van der Waals surface area contributed by atoms with Crippen LogP contribution in [0.5, 0.6) is 0 Å². The van der Waals surface area contributed by atoms with E-state index >= 15 is 0 Å². The second kappa shape index (κ2) is 9.39. The van der Waals surface area contributed by atoms with Gasteiger partial charge in [-0.25, -0.2) is 0 Å². The van der Waals surface area contributed by atoms with Crippen LogP contribution in [0.2, 0.25) is 0 Å². The molecular weight excluding hydrogens is 388 g/mol. The van der Waals surface area contributed by atoms with Gasteiger partial charge in [-0.3, -0.25) is 14.4 Å². The largest absolute Gasteiger partial charge is 0.332 e. The van der Waals surface area contributed by atoms with E-state index in [9.17, 15) is 14.4 Å². The predicted octanol–water partition coefficient (Wildman–Crippen LogP) is 4.55. The van der Waals surface area contributed by atoms with Crippen LogP contribution in [0.25, 0.3) is 0 Å². The number of hydrogen-bond donors (Lipinski definition) is 1. The number of likely N-dealkylation sites (N-methyl/N-ethyl adjacent to an activating group) is 1. The molecule has 158 valence electrons. The highest BCUT2D eigenvalue weighted by atomic mass is 16.2. The van der Waals surface area contributed by atoms with Crippen LogP contribution in [-0.4, -0.2) is 36.1 Å². The Morgan fingerprint density at radius 2 is 1.29 bits per heavy atom. The molecule has 0 atom stereocenters. The zero-order chi connectivity index (χ0) is 22.5. The molecule has 5 heteroatoms. The molecule has 1 N–H and O–H groups in total. The van der Waals surface area contributed by atoms with Crippen molar-refractivity contribution in [2.24, 2.45) is 0 Å². The summed E-state index contributed by atoms with van der Waals surface area (Å²) in [6, 6.07) is 19.5. The van der Waals surface area contributed by atoms with Crippen molar-refractivity contribution in [1.82, 2.24) is 4.90 Å². The molecular formula is C26H26N2O3. The number of rotatable bonds is 6. The molecule has 0 heterocycles. The zero-order valence-electron chi connectivity index (χ0n) is 18.2. The second-order valence-electron chi connectivity index (χ2n) is 7.76. The summed E-state index contributed by atoms with van der Waals surface area (Å²) in [5.74, 6) is -0.649. The average Bonchev–Trinajstić information content (AvgIpc) is 2.76. The minimum Gasteiger partial charge on any atom is -0.332 e. The van der Waals surface area contributed by atoms with Crippen LogP contribution in [0.4, 0.5) is 5.69 Å². The third-order valence-corrected chi connectivity index (χ3v) is 5.10. The number of carbonyl (C=O) groups is 3. The second-order valence-corrected chi connectivity index (χ2v) is 7.76. The third-order valence-electron chi connectivity index (χ3n) is 5.10. The number of hydrogen-bond acceptors (Lipinski definition) is 3. The van der Waals surface area contributed by atoms with Crippen LogP contribution in [-0.2, 0) is 4.79 Å². The van der Waals surface area contributed by atoms with E-state index in [0.29, 0.717) is 16.7 Å². The van der Waals surface area contributed by atoms with Crippen molar-refractivity contribution < 1.29 is 14.4 Å². The van der Waals surface area contributed by atoms with Crippen molar-refractivity contribution in [3.63, 3.8) is 0 Å². The normalized spacial score (nSPS) is 10.5. The van der Waals surface area contributed by atoms with Crippen LogP contribution in [0, 0.1) is 20.8 Å². The highest BCUT2D eigenvalue weighted by Crippen LogP contribution is 2.22. The molecule has 3 rings (SSSR count). The Balaban J connectivity index is 1.65. The number of carbonyl (C=O) groups excluding carboxylic acids is 3. The summed E-state index contributed by atoms with van der Waals surface area (Å²) < 4.78 is 0. The van der Waals surface area contributed by atoms with Gasteiger partial charge in [0, 0.05) is 29.4 Å². The molecule has 0 aliphatic heterocycles. The fourth-order valence-electron chi connectivity index (χ4n) is 3.58. The Kier molecular flexibility index (Phi) is 6.65. The molecule has 0 fully saturated rings. The number of benzene rings is 3. The number of aryl methyl sites for hydroxylation is 3. The molecule has 0 saturated carbocycles. The van der Waals surface area contributed by atoms with Gasteiger partial charge in [-0.1, -0.05) is 60.2 Å². The van der Waals surface area contributed by atoms with Gasteiger partial charge in [0.1, 0.15) is 0 Å². The lowest BCUT2D eigenvalue weighted by Gasteiger charge is -2.18. The summed E-state index contributed by atoms with van der Waals surface area (Å²) in [4.78, 5) is 39.1. The Hall–Kier alpha value is -3.73. The number of amides is 2. The van der Waals surface area contributed by atoms with Gasteiger partial charge in [0.15, 0.2) is 5.78 Å². The van der Waals surface area contributed by atoms with Gasteiger partial charge in [0.2, 0.25) is 5.91 Å². The first-order chi connectivity index (χ1) is 14.8. The predicted molar refractivity (Wildman–Crippen MR) is 123 cm³/mol. The van der Waals surface area contributed by atoms with Crippen molar-refractivity contribution in [3.05, 3.63) is 100 Å². The van der Waals surface area contributed by atoms with E-state index in [-0.39, 0.29) is 24.1 Å². The number of nitrogens with one attached hydrogen (secondary N) is 1. The molecule has 0 bridgehead atoms. The van der Waals surface area contributed by atoms with E-state index in [4.69, 9.17) is 0 Å².